The standard InChI is InChI=1S/C20H22N4O5S/c1-13-6-4-5-7-15(13)28-11-17-22-23-20(24(17)2)30-12-18(25)21-10-14-8-9-16(29-14)19(26)27-3/h4-9H,10-12H2,1-3H3,(H,21,25). The number of carbonyl (C=O) groups is 2. The van der Waals surface area contributed by atoms with Gasteiger partial charge in [0.15, 0.2) is 11.0 Å². The number of hydrogen-bond donors (Lipinski definition) is 1. The molecule has 158 valence electrons. The van der Waals surface area contributed by atoms with Gasteiger partial charge in [-0.3, -0.25) is 4.79 Å². The topological polar surface area (TPSA) is 108 Å². The Morgan fingerprint density at radius 1 is 1.20 bits per heavy atom. The van der Waals surface area contributed by atoms with Crippen LogP contribution in [0.1, 0.15) is 27.7 Å². The number of carbonyl (C=O) groups excluding carboxylic acids is 2. The van der Waals surface area contributed by atoms with Crippen molar-refractivity contribution in [3.05, 3.63) is 59.3 Å². The molecule has 3 aromatic rings. The average Bonchev–Trinajstić information content (AvgIpc) is 3.36. The van der Waals surface area contributed by atoms with E-state index in [4.69, 9.17) is 9.15 Å². The second kappa shape index (κ2) is 9.97. The molecule has 0 unspecified atom stereocenters. The van der Waals surface area contributed by atoms with Gasteiger partial charge in [-0.15, -0.1) is 10.2 Å². The summed E-state index contributed by atoms with van der Waals surface area (Å²) in [6.45, 7) is 2.43. The van der Waals surface area contributed by atoms with Crippen molar-refractivity contribution in [1.82, 2.24) is 20.1 Å². The number of aromatic nitrogens is 3. The summed E-state index contributed by atoms with van der Waals surface area (Å²) in [6, 6.07) is 10.9. The maximum Gasteiger partial charge on any atom is 0.373 e. The smallest absolute Gasteiger partial charge is 0.373 e. The van der Waals surface area contributed by atoms with E-state index in [1.165, 1.54) is 24.9 Å². The number of aryl methyl sites for hydroxylation is 1. The minimum absolute atomic E-state index is 0.0932. The number of esters is 1. The van der Waals surface area contributed by atoms with Crippen LogP contribution in [0.2, 0.25) is 0 Å². The molecule has 0 fully saturated rings. The van der Waals surface area contributed by atoms with Crippen LogP contribution in [0.5, 0.6) is 5.75 Å². The Balaban J connectivity index is 1.46. The van der Waals surface area contributed by atoms with E-state index in [0.717, 1.165) is 11.3 Å². The van der Waals surface area contributed by atoms with Gasteiger partial charge in [-0.25, -0.2) is 4.79 Å². The number of furan rings is 1. The Labute approximate surface area is 177 Å². The monoisotopic (exact) mass is 430 g/mol. The van der Waals surface area contributed by atoms with Crippen molar-refractivity contribution in [1.29, 1.82) is 0 Å². The third kappa shape index (κ3) is 5.41. The maximum absolute atomic E-state index is 12.1. The van der Waals surface area contributed by atoms with E-state index in [1.807, 2.05) is 38.2 Å². The normalized spacial score (nSPS) is 10.6. The summed E-state index contributed by atoms with van der Waals surface area (Å²) in [7, 11) is 3.10. The van der Waals surface area contributed by atoms with E-state index in [9.17, 15) is 9.59 Å². The zero-order chi connectivity index (χ0) is 21.5. The van der Waals surface area contributed by atoms with Crippen LogP contribution < -0.4 is 10.1 Å². The predicted molar refractivity (Wildman–Crippen MR) is 109 cm³/mol. The van der Waals surface area contributed by atoms with Crippen LogP contribution >= 0.6 is 11.8 Å². The average molecular weight is 430 g/mol. The van der Waals surface area contributed by atoms with Gasteiger partial charge in [-0.05, 0) is 30.7 Å². The van der Waals surface area contributed by atoms with E-state index in [2.05, 4.69) is 20.3 Å². The summed E-state index contributed by atoms with van der Waals surface area (Å²) in [5, 5.41) is 11.6. The number of nitrogens with zero attached hydrogens (tertiary/aromatic N) is 3. The molecule has 1 aromatic carbocycles. The first-order valence-electron chi connectivity index (χ1n) is 9.11. The molecule has 0 bridgehead atoms. The molecule has 3 rings (SSSR count). The van der Waals surface area contributed by atoms with E-state index < -0.39 is 5.97 Å². The molecule has 0 spiro atoms. The summed E-state index contributed by atoms with van der Waals surface area (Å²) >= 11 is 1.27. The van der Waals surface area contributed by atoms with Crippen LogP contribution in [0, 0.1) is 6.92 Å². The zero-order valence-corrected chi connectivity index (χ0v) is 17.7. The minimum atomic E-state index is -0.562. The van der Waals surface area contributed by atoms with Gasteiger partial charge in [-0.1, -0.05) is 30.0 Å². The molecule has 9 nitrogen and oxygen atoms in total. The highest BCUT2D eigenvalue weighted by Gasteiger charge is 2.14. The van der Waals surface area contributed by atoms with E-state index in [0.29, 0.717) is 16.7 Å². The Morgan fingerprint density at radius 3 is 2.77 bits per heavy atom. The highest BCUT2D eigenvalue weighted by Crippen LogP contribution is 2.19. The molecule has 10 heteroatoms. The number of nitrogens with one attached hydrogen (secondary N) is 1. The van der Waals surface area contributed by atoms with E-state index >= 15 is 0 Å². The third-order valence-corrected chi connectivity index (χ3v) is 5.24. The fourth-order valence-electron chi connectivity index (χ4n) is 2.51. The van der Waals surface area contributed by atoms with Crippen LogP contribution in [0.3, 0.4) is 0 Å². The van der Waals surface area contributed by atoms with Crippen LogP contribution in [0.4, 0.5) is 0 Å². The third-order valence-electron chi connectivity index (χ3n) is 4.22. The second-order valence-electron chi connectivity index (χ2n) is 6.33. The molecule has 0 aliphatic carbocycles. The molecular weight excluding hydrogens is 408 g/mol. The molecule has 0 atom stereocenters. The summed E-state index contributed by atoms with van der Waals surface area (Å²) in [5.41, 5.74) is 1.04. The number of methoxy groups -OCH3 is 1. The van der Waals surface area contributed by atoms with Gasteiger partial charge in [0.2, 0.25) is 11.7 Å². The second-order valence-corrected chi connectivity index (χ2v) is 7.28. The Morgan fingerprint density at radius 2 is 2.00 bits per heavy atom. The van der Waals surface area contributed by atoms with Gasteiger partial charge >= 0.3 is 5.97 Å². The van der Waals surface area contributed by atoms with E-state index in [1.54, 1.807) is 10.6 Å². The van der Waals surface area contributed by atoms with Crippen molar-refractivity contribution in [3.8, 4) is 5.75 Å². The zero-order valence-electron chi connectivity index (χ0n) is 16.9. The lowest BCUT2D eigenvalue weighted by Crippen LogP contribution is -2.24. The van der Waals surface area contributed by atoms with Crippen molar-refractivity contribution >= 4 is 23.6 Å². The van der Waals surface area contributed by atoms with Crippen LogP contribution in [-0.4, -0.2) is 39.5 Å². The minimum Gasteiger partial charge on any atom is -0.485 e. The molecule has 0 aliphatic rings. The van der Waals surface area contributed by atoms with Crippen molar-refractivity contribution in [2.45, 2.75) is 25.2 Å². The Bertz CT molecular complexity index is 1030. The van der Waals surface area contributed by atoms with Gasteiger partial charge in [0.1, 0.15) is 18.1 Å². The van der Waals surface area contributed by atoms with Gasteiger partial charge in [-0.2, -0.15) is 0 Å². The summed E-state index contributed by atoms with van der Waals surface area (Å²) in [6.07, 6.45) is 0. The quantitative estimate of drug-likeness (QED) is 0.407. The van der Waals surface area contributed by atoms with Gasteiger partial charge in [0.25, 0.3) is 0 Å². The van der Waals surface area contributed by atoms with Crippen molar-refractivity contribution < 1.29 is 23.5 Å². The van der Waals surface area contributed by atoms with Gasteiger partial charge < -0.3 is 23.8 Å². The number of benzene rings is 1. The maximum atomic E-state index is 12.1. The number of ether oxygens (including phenoxy) is 2. The number of hydrogen-bond acceptors (Lipinski definition) is 8. The Kier molecular flexibility index (Phi) is 7.12. The number of amides is 1. The Hall–Kier alpha value is -3.27. The van der Waals surface area contributed by atoms with Crippen LogP contribution in [0.15, 0.2) is 46.0 Å². The largest absolute Gasteiger partial charge is 0.485 e. The lowest BCUT2D eigenvalue weighted by molar-refractivity contribution is -0.118. The number of rotatable bonds is 9. The molecule has 0 saturated heterocycles. The number of para-hydroxylation sites is 1. The molecular formula is C20H22N4O5S. The number of thioether (sulfide) groups is 1. The molecule has 0 aliphatic heterocycles. The highest BCUT2D eigenvalue weighted by molar-refractivity contribution is 7.99. The lowest BCUT2D eigenvalue weighted by Gasteiger charge is -2.08. The van der Waals surface area contributed by atoms with Gasteiger partial charge in [0.05, 0.1) is 19.4 Å². The molecule has 0 saturated carbocycles. The molecule has 2 aromatic heterocycles. The summed E-state index contributed by atoms with van der Waals surface area (Å²) in [4.78, 5) is 23.5. The summed E-state index contributed by atoms with van der Waals surface area (Å²) < 4.78 is 17.5. The fraction of sp³-hybridized carbons (Fsp3) is 0.300. The first-order valence-corrected chi connectivity index (χ1v) is 10.1. The first kappa shape index (κ1) is 21.4. The van der Waals surface area contributed by atoms with Crippen molar-refractivity contribution in [2.75, 3.05) is 12.9 Å². The van der Waals surface area contributed by atoms with Gasteiger partial charge in [0, 0.05) is 7.05 Å². The predicted octanol–water partition coefficient (Wildman–Crippen LogP) is 2.49. The molecule has 30 heavy (non-hydrogen) atoms. The van der Waals surface area contributed by atoms with Crippen LogP contribution in [0.25, 0.3) is 0 Å². The molecule has 1 N–H and O–H groups in total. The molecule has 2 heterocycles. The molecule has 0 radical (unpaired) electrons. The lowest BCUT2D eigenvalue weighted by atomic mass is 10.2. The highest BCUT2D eigenvalue weighted by atomic mass is 32.2. The van der Waals surface area contributed by atoms with Crippen molar-refractivity contribution in [3.63, 3.8) is 0 Å². The van der Waals surface area contributed by atoms with Crippen molar-refractivity contribution in [2.24, 2.45) is 7.05 Å². The fourth-order valence-corrected chi connectivity index (χ4v) is 3.27. The molecule has 1 amide bonds. The van der Waals surface area contributed by atoms with E-state index in [-0.39, 0.29) is 30.6 Å². The summed E-state index contributed by atoms with van der Waals surface area (Å²) in [5.74, 6) is 1.41. The first-order chi connectivity index (χ1) is 14.5. The SMILES string of the molecule is COC(=O)c1ccc(CNC(=O)CSc2nnc(COc3ccccc3C)n2C)o1. The van der Waals surface area contributed by atoms with Crippen LogP contribution in [-0.2, 0) is 29.7 Å².